The summed E-state index contributed by atoms with van der Waals surface area (Å²) in [5.41, 5.74) is 0.352. The molecule has 1 aromatic heterocycles. The molecule has 0 aliphatic rings. The molecule has 98 valence electrons. The van der Waals surface area contributed by atoms with E-state index in [-0.39, 0.29) is 12.0 Å². The Morgan fingerprint density at radius 2 is 2.05 bits per heavy atom. The monoisotopic (exact) mass is 263 g/mol. The molecule has 2 aromatic rings. The number of Topliss-reactive ketones (excluding diaryl/α,β-unsaturated/α-hetero) is 1. The van der Waals surface area contributed by atoms with E-state index in [4.69, 9.17) is 4.74 Å². The summed E-state index contributed by atoms with van der Waals surface area (Å²) in [5, 5.41) is 0. The summed E-state index contributed by atoms with van der Waals surface area (Å²) in [6.45, 7) is 0. The van der Waals surface area contributed by atoms with Gasteiger partial charge in [-0.25, -0.2) is 13.8 Å². The van der Waals surface area contributed by atoms with Gasteiger partial charge in [0.1, 0.15) is 11.6 Å². The number of benzene rings is 1. The fourth-order valence-corrected chi connectivity index (χ4v) is 1.63. The van der Waals surface area contributed by atoms with Gasteiger partial charge in [-0.15, -0.1) is 0 Å². The molecule has 0 saturated carbocycles. The summed E-state index contributed by atoms with van der Waals surface area (Å²) in [5.74, 6) is -1.44. The molecule has 0 amide bonds. The van der Waals surface area contributed by atoms with Gasteiger partial charge in [0.25, 0.3) is 0 Å². The number of methoxy groups -OCH3 is 1. The van der Waals surface area contributed by atoms with Crippen LogP contribution in [0.15, 0.2) is 36.5 Å². The number of carbonyl (C=O) groups excluding carboxylic acids is 1. The fraction of sp³-hybridized carbons (Fsp3) is 0.143. The number of ether oxygens (including phenoxy) is 1. The molecule has 0 atom stereocenters. The zero-order valence-corrected chi connectivity index (χ0v) is 10.2. The molecule has 5 heteroatoms. The Labute approximate surface area is 108 Å². The first-order valence-electron chi connectivity index (χ1n) is 5.57. The van der Waals surface area contributed by atoms with E-state index in [9.17, 15) is 13.6 Å². The highest BCUT2D eigenvalue weighted by Gasteiger charge is 2.13. The van der Waals surface area contributed by atoms with E-state index < -0.39 is 17.4 Å². The molecular weight excluding hydrogens is 252 g/mol. The quantitative estimate of drug-likeness (QED) is 0.796. The van der Waals surface area contributed by atoms with Crippen molar-refractivity contribution in [2.45, 2.75) is 6.42 Å². The molecule has 3 nitrogen and oxygen atoms in total. The van der Waals surface area contributed by atoms with Gasteiger partial charge < -0.3 is 4.74 Å². The van der Waals surface area contributed by atoms with Crippen molar-refractivity contribution in [3.05, 3.63) is 59.3 Å². The molecule has 0 bridgehead atoms. The van der Waals surface area contributed by atoms with Crippen molar-refractivity contribution in [1.82, 2.24) is 4.98 Å². The Kier molecular flexibility index (Phi) is 3.85. The maximum Gasteiger partial charge on any atom is 0.212 e. The average Bonchev–Trinajstić information content (AvgIpc) is 2.42. The molecule has 19 heavy (non-hydrogen) atoms. The highest BCUT2D eigenvalue weighted by atomic mass is 19.1. The van der Waals surface area contributed by atoms with E-state index >= 15 is 0 Å². The minimum absolute atomic E-state index is 0.0443. The number of hydrogen-bond acceptors (Lipinski definition) is 3. The molecule has 1 heterocycles. The lowest BCUT2D eigenvalue weighted by molar-refractivity contribution is 0.0988. The second-order valence-corrected chi connectivity index (χ2v) is 3.93. The lowest BCUT2D eigenvalue weighted by Gasteiger charge is -2.04. The van der Waals surface area contributed by atoms with Gasteiger partial charge in [-0.1, -0.05) is 6.07 Å². The van der Waals surface area contributed by atoms with Gasteiger partial charge in [0.15, 0.2) is 5.78 Å². The lowest BCUT2D eigenvalue weighted by atomic mass is 10.0. The third-order valence-corrected chi connectivity index (χ3v) is 2.60. The van der Waals surface area contributed by atoms with E-state index in [0.717, 1.165) is 18.2 Å². The summed E-state index contributed by atoms with van der Waals surface area (Å²) in [6.07, 6.45) is 1.42. The summed E-state index contributed by atoms with van der Waals surface area (Å²) in [6, 6.07) is 6.07. The second-order valence-electron chi connectivity index (χ2n) is 3.93. The Hall–Kier alpha value is -2.30. The highest BCUT2D eigenvalue weighted by Crippen LogP contribution is 2.14. The van der Waals surface area contributed by atoms with E-state index in [1.165, 1.54) is 13.3 Å². The summed E-state index contributed by atoms with van der Waals surface area (Å²) >= 11 is 0. The van der Waals surface area contributed by atoms with Crippen molar-refractivity contribution in [3.8, 4) is 5.88 Å². The molecule has 0 radical (unpaired) electrons. The van der Waals surface area contributed by atoms with Gasteiger partial charge >= 0.3 is 0 Å². The molecular formula is C14H11F2NO2. The Bertz CT molecular complexity index is 597. The first-order valence-corrected chi connectivity index (χ1v) is 5.57. The van der Waals surface area contributed by atoms with Crippen LogP contribution in [-0.2, 0) is 6.42 Å². The summed E-state index contributed by atoms with van der Waals surface area (Å²) in [7, 11) is 1.48. The number of nitrogens with zero attached hydrogens (tertiary/aromatic N) is 1. The van der Waals surface area contributed by atoms with E-state index in [1.807, 2.05) is 0 Å². The number of hydrogen-bond donors (Lipinski definition) is 0. The summed E-state index contributed by atoms with van der Waals surface area (Å²) in [4.78, 5) is 15.8. The van der Waals surface area contributed by atoms with Gasteiger partial charge in [-0.05, 0) is 23.8 Å². The number of pyridine rings is 1. The minimum Gasteiger partial charge on any atom is -0.481 e. The largest absolute Gasteiger partial charge is 0.481 e. The van der Waals surface area contributed by atoms with Gasteiger partial charge in [-0.3, -0.25) is 4.79 Å². The van der Waals surface area contributed by atoms with E-state index in [1.54, 1.807) is 12.1 Å². The van der Waals surface area contributed by atoms with Crippen LogP contribution >= 0.6 is 0 Å². The molecule has 0 aliphatic heterocycles. The van der Waals surface area contributed by atoms with Crippen molar-refractivity contribution in [2.24, 2.45) is 0 Å². The van der Waals surface area contributed by atoms with Crippen LogP contribution < -0.4 is 4.74 Å². The predicted molar refractivity (Wildman–Crippen MR) is 65.2 cm³/mol. The zero-order valence-electron chi connectivity index (χ0n) is 10.2. The zero-order chi connectivity index (χ0) is 13.8. The Morgan fingerprint density at radius 3 is 2.68 bits per heavy atom. The van der Waals surface area contributed by atoms with Crippen LogP contribution in [0.5, 0.6) is 5.88 Å². The number of carbonyl (C=O) groups is 1. The third-order valence-electron chi connectivity index (χ3n) is 2.60. The highest BCUT2D eigenvalue weighted by molar-refractivity contribution is 5.97. The van der Waals surface area contributed by atoms with Gasteiger partial charge in [0.05, 0.1) is 12.7 Å². The Morgan fingerprint density at radius 1 is 1.26 bits per heavy atom. The van der Waals surface area contributed by atoms with Gasteiger partial charge in [0.2, 0.25) is 5.88 Å². The molecule has 2 rings (SSSR count). The van der Waals surface area contributed by atoms with Gasteiger partial charge in [-0.2, -0.15) is 0 Å². The topological polar surface area (TPSA) is 39.2 Å². The molecule has 0 N–H and O–H groups in total. The predicted octanol–water partition coefficient (Wildman–Crippen LogP) is 2.79. The number of rotatable bonds is 4. The first kappa shape index (κ1) is 13.1. The molecule has 0 fully saturated rings. The smallest absolute Gasteiger partial charge is 0.212 e. The lowest BCUT2D eigenvalue weighted by Crippen LogP contribution is -2.07. The average molecular weight is 263 g/mol. The third kappa shape index (κ3) is 3.13. The molecule has 0 saturated heterocycles. The number of aromatic nitrogens is 1. The fourth-order valence-electron chi connectivity index (χ4n) is 1.63. The number of halogens is 2. The van der Waals surface area contributed by atoms with Crippen LogP contribution in [0, 0.1) is 11.6 Å². The molecule has 0 spiro atoms. The van der Waals surface area contributed by atoms with Crippen LogP contribution in [0.3, 0.4) is 0 Å². The summed E-state index contributed by atoms with van der Waals surface area (Å²) < 4.78 is 31.3. The maximum atomic E-state index is 13.4. The van der Waals surface area contributed by atoms with Crippen molar-refractivity contribution in [1.29, 1.82) is 0 Å². The Balaban J connectivity index is 2.18. The van der Waals surface area contributed by atoms with Crippen LogP contribution in [0.1, 0.15) is 15.9 Å². The second kappa shape index (κ2) is 5.56. The normalized spacial score (nSPS) is 10.3. The maximum absolute atomic E-state index is 13.4. The van der Waals surface area contributed by atoms with Crippen LogP contribution in [0.25, 0.3) is 0 Å². The van der Waals surface area contributed by atoms with Crippen molar-refractivity contribution in [2.75, 3.05) is 7.11 Å². The van der Waals surface area contributed by atoms with Crippen LogP contribution in [0.2, 0.25) is 0 Å². The van der Waals surface area contributed by atoms with Gasteiger partial charge in [0, 0.05) is 18.7 Å². The molecule has 0 unspecified atom stereocenters. The van der Waals surface area contributed by atoms with Crippen LogP contribution in [0.4, 0.5) is 8.78 Å². The SMILES string of the molecule is COc1ccc(CC(=O)c2cc(F)ccc2F)cn1. The molecule has 0 aliphatic carbocycles. The van der Waals surface area contributed by atoms with E-state index in [2.05, 4.69) is 4.98 Å². The minimum atomic E-state index is -0.729. The molecule has 1 aromatic carbocycles. The first-order chi connectivity index (χ1) is 9.10. The van der Waals surface area contributed by atoms with Crippen molar-refractivity contribution < 1.29 is 18.3 Å². The van der Waals surface area contributed by atoms with E-state index in [0.29, 0.717) is 11.4 Å². The standard InChI is InChI=1S/C14H11F2NO2/c1-19-14-5-2-9(8-17-14)6-13(18)11-7-10(15)3-4-12(11)16/h2-5,7-8H,6H2,1H3. The van der Waals surface area contributed by atoms with Crippen molar-refractivity contribution in [3.63, 3.8) is 0 Å². The van der Waals surface area contributed by atoms with Crippen molar-refractivity contribution >= 4 is 5.78 Å². The number of ketones is 1. The van der Waals surface area contributed by atoms with Crippen LogP contribution in [-0.4, -0.2) is 17.9 Å².